The summed E-state index contributed by atoms with van der Waals surface area (Å²) in [4.78, 5) is 0. The van der Waals surface area contributed by atoms with E-state index in [1.54, 1.807) is 25.3 Å². The van der Waals surface area contributed by atoms with Crippen LogP contribution in [0, 0.1) is 0 Å². The Hall–Kier alpha value is -1.91. The number of nitrogens with zero attached hydrogens (tertiary/aromatic N) is 1. The van der Waals surface area contributed by atoms with Gasteiger partial charge in [0.2, 0.25) is 0 Å². The van der Waals surface area contributed by atoms with Gasteiger partial charge in [-0.2, -0.15) is 0 Å². The van der Waals surface area contributed by atoms with E-state index in [0.29, 0.717) is 23.7 Å². The van der Waals surface area contributed by atoms with Crippen LogP contribution in [0.1, 0.15) is 31.7 Å². The summed E-state index contributed by atoms with van der Waals surface area (Å²) in [5.41, 5.74) is 6.12. The number of methoxy groups -OCH3 is 1. The Morgan fingerprint density at radius 3 is 2.61 bits per heavy atom. The van der Waals surface area contributed by atoms with Crippen LogP contribution in [-0.2, 0) is 0 Å². The molecule has 0 aliphatic heterocycles. The molecule has 18 heavy (non-hydrogen) atoms. The van der Waals surface area contributed by atoms with Gasteiger partial charge in [-0.05, 0) is 18.6 Å². The van der Waals surface area contributed by atoms with E-state index in [1.165, 1.54) is 0 Å². The first-order valence-corrected chi connectivity index (χ1v) is 6.01. The van der Waals surface area contributed by atoms with Gasteiger partial charge in [0.05, 0.1) is 13.7 Å². The van der Waals surface area contributed by atoms with Gasteiger partial charge in [0.1, 0.15) is 11.5 Å². The van der Waals surface area contributed by atoms with Crippen molar-refractivity contribution in [3.63, 3.8) is 0 Å². The van der Waals surface area contributed by atoms with E-state index >= 15 is 0 Å². The molecular formula is C13H20N2O3. The molecule has 100 valence electrons. The highest BCUT2D eigenvalue weighted by Crippen LogP contribution is 2.23. The van der Waals surface area contributed by atoms with Crippen molar-refractivity contribution in [3.8, 4) is 11.5 Å². The molecule has 0 fully saturated rings. The third-order valence-corrected chi connectivity index (χ3v) is 2.54. The molecule has 0 spiro atoms. The highest BCUT2D eigenvalue weighted by Gasteiger charge is 2.06. The number of hydrogen-bond donors (Lipinski definition) is 2. The molecule has 0 heterocycles. The second-order valence-electron chi connectivity index (χ2n) is 3.94. The standard InChI is InChI=1S/C13H20N2O3/c1-3-4-5-6-18-12-8-10(13(14)15-16)7-11(9-12)17-2/h7-9,16H,3-6H2,1-2H3,(H2,14,15). The van der Waals surface area contributed by atoms with Gasteiger partial charge < -0.3 is 20.4 Å². The monoisotopic (exact) mass is 252 g/mol. The van der Waals surface area contributed by atoms with E-state index in [9.17, 15) is 0 Å². The van der Waals surface area contributed by atoms with E-state index < -0.39 is 0 Å². The number of ether oxygens (including phenoxy) is 2. The van der Waals surface area contributed by atoms with Crippen molar-refractivity contribution in [2.45, 2.75) is 26.2 Å². The minimum Gasteiger partial charge on any atom is -0.497 e. The van der Waals surface area contributed by atoms with Crippen LogP contribution in [0.5, 0.6) is 11.5 Å². The molecule has 0 aliphatic rings. The molecule has 0 saturated heterocycles. The van der Waals surface area contributed by atoms with Crippen LogP contribution in [0.2, 0.25) is 0 Å². The number of unbranched alkanes of at least 4 members (excludes halogenated alkanes) is 2. The summed E-state index contributed by atoms with van der Waals surface area (Å²) >= 11 is 0. The predicted octanol–water partition coefficient (Wildman–Crippen LogP) is 2.36. The normalized spacial score (nSPS) is 11.3. The molecule has 0 radical (unpaired) electrons. The Morgan fingerprint density at radius 2 is 2.00 bits per heavy atom. The van der Waals surface area contributed by atoms with E-state index in [4.69, 9.17) is 20.4 Å². The lowest BCUT2D eigenvalue weighted by Gasteiger charge is -2.10. The van der Waals surface area contributed by atoms with Crippen molar-refractivity contribution in [1.82, 2.24) is 0 Å². The topological polar surface area (TPSA) is 77.1 Å². The number of amidine groups is 1. The van der Waals surface area contributed by atoms with Crippen LogP contribution in [0.25, 0.3) is 0 Å². The fourth-order valence-electron chi connectivity index (χ4n) is 1.52. The number of rotatable bonds is 7. The van der Waals surface area contributed by atoms with Crippen molar-refractivity contribution >= 4 is 5.84 Å². The number of hydrogen-bond acceptors (Lipinski definition) is 4. The fraction of sp³-hybridized carbons (Fsp3) is 0.462. The minimum absolute atomic E-state index is 0.0345. The fourth-order valence-corrected chi connectivity index (χ4v) is 1.52. The molecular weight excluding hydrogens is 232 g/mol. The van der Waals surface area contributed by atoms with E-state index in [2.05, 4.69) is 12.1 Å². The molecule has 5 nitrogen and oxygen atoms in total. The molecule has 0 atom stereocenters. The maximum atomic E-state index is 8.67. The smallest absolute Gasteiger partial charge is 0.170 e. The Bertz CT molecular complexity index is 405. The number of oxime groups is 1. The molecule has 0 aliphatic carbocycles. The average Bonchev–Trinajstić information content (AvgIpc) is 2.42. The molecule has 0 unspecified atom stereocenters. The number of benzene rings is 1. The largest absolute Gasteiger partial charge is 0.497 e. The summed E-state index contributed by atoms with van der Waals surface area (Å²) in [5.74, 6) is 1.31. The van der Waals surface area contributed by atoms with Gasteiger partial charge in [0, 0.05) is 11.6 Å². The maximum Gasteiger partial charge on any atom is 0.170 e. The molecule has 0 saturated carbocycles. The van der Waals surface area contributed by atoms with Gasteiger partial charge in [0.15, 0.2) is 5.84 Å². The van der Waals surface area contributed by atoms with Crippen LogP contribution in [0.15, 0.2) is 23.4 Å². The van der Waals surface area contributed by atoms with Crippen LogP contribution in [-0.4, -0.2) is 24.8 Å². The summed E-state index contributed by atoms with van der Waals surface area (Å²) in [6.45, 7) is 2.79. The van der Waals surface area contributed by atoms with Gasteiger partial charge in [-0.1, -0.05) is 24.9 Å². The Balaban J connectivity index is 2.77. The third-order valence-electron chi connectivity index (χ3n) is 2.54. The molecule has 0 amide bonds. The lowest BCUT2D eigenvalue weighted by Crippen LogP contribution is -2.13. The lowest BCUT2D eigenvalue weighted by atomic mass is 10.2. The first kappa shape index (κ1) is 14.2. The third kappa shape index (κ3) is 4.16. The van der Waals surface area contributed by atoms with Crippen molar-refractivity contribution < 1.29 is 14.7 Å². The highest BCUT2D eigenvalue weighted by atomic mass is 16.5. The molecule has 1 rings (SSSR count). The zero-order valence-corrected chi connectivity index (χ0v) is 10.8. The summed E-state index contributed by atoms with van der Waals surface area (Å²) in [6.07, 6.45) is 3.29. The van der Waals surface area contributed by atoms with E-state index in [0.717, 1.165) is 19.3 Å². The van der Waals surface area contributed by atoms with Crippen LogP contribution < -0.4 is 15.2 Å². The molecule has 1 aromatic rings. The second kappa shape index (κ2) is 7.42. The van der Waals surface area contributed by atoms with E-state index in [1.807, 2.05) is 0 Å². The van der Waals surface area contributed by atoms with Gasteiger partial charge in [-0.3, -0.25) is 0 Å². The molecule has 0 aromatic heterocycles. The Morgan fingerprint density at radius 1 is 1.28 bits per heavy atom. The van der Waals surface area contributed by atoms with Crippen molar-refractivity contribution in [1.29, 1.82) is 0 Å². The zero-order valence-electron chi connectivity index (χ0n) is 10.8. The van der Waals surface area contributed by atoms with Crippen LogP contribution in [0.4, 0.5) is 0 Å². The predicted molar refractivity (Wildman–Crippen MR) is 70.5 cm³/mol. The van der Waals surface area contributed by atoms with Crippen molar-refractivity contribution in [2.75, 3.05) is 13.7 Å². The molecule has 0 bridgehead atoms. The first-order valence-electron chi connectivity index (χ1n) is 6.01. The number of nitrogens with two attached hydrogens (primary N) is 1. The molecule has 3 N–H and O–H groups in total. The Labute approximate surface area is 107 Å². The SMILES string of the molecule is CCCCCOc1cc(OC)cc(/C(N)=N/O)c1. The lowest BCUT2D eigenvalue weighted by molar-refractivity contribution is 0.303. The highest BCUT2D eigenvalue weighted by molar-refractivity contribution is 5.97. The van der Waals surface area contributed by atoms with Crippen molar-refractivity contribution in [2.24, 2.45) is 10.9 Å². The summed E-state index contributed by atoms with van der Waals surface area (Å²) in [5, 5.41) is 11.6. The van der Waals surface area contributed by atoms with Gasteiger partial charge in [-0.15, -0.1) is 0 Å². The quantitative estimate of drug-likeness (QED) is 0.257. The van der Waals surface area contributed by atoms with Gasteiger partial charge >= 0.3 is 0 Å². The second-order valence-corrected chi connectivity index (χ2v) is 3.94. The van der Waals surface area contributed by atoms with Crippen molar-refractivity contribution in [3.05, 3.63) is 23.8 Å². The summed E-state index contributed by atoms with van der Waals surface area (Å²) in [6, 6.07) is 5.19. The molecule has 5 heteroatoms. The Kier molecular flexibility index (Phi) is 5.84. The van der Waals surface area contributed by atoms with E-state index in [-0.39, 0.29) is 5.84 Å². The summed E-state index contributed by atoms with van der Waals surface area (Å²) in [7, 11) is 1.56. The van der Waals surface area contributed by atoms with Gasteiger partial charge in [0.25, 0.3) is 0 Å². The first-order chi connectivity index (χ1) is 8.71. The summed E-state index contributed by atoms with van der Waals surface area (Å²) < 4.78 is 10.8. The van der Waals surface area contributed by atoms with Crippen LogP contribution in [0.3, 0.4) is 0 Å². The average molecular weight is 252 g/mol. The minimum atomic E-state index is 0.0345. The zero-order chi connectivity index (χ0) is 13.4. The molecule has 1 aromatic carbocycles. The van der Waals surface area contributed by atoms with Crippen LogP contribution >= 0.6 is 0 Å². The maximum absolute atomic E-state index is 8.67. The van der Waals surface area contributed by atoms with Gasteiger partial charge in [-0.25, -0.2) is 0 Å².